The number of halogens is 1. The van der Waals surface area contributed by atoms with E-state index in [9.17, 15) is 13.2 Å². The third-order valence-corrected chi connectivity index (χ3v) is 4.25. The van der Waals surface area contributed by atoms with Crippen LogP contribution in [-0.2, 0) is 18.6 Å². The number of rotatable bonds is 3. The first kappa shape index (κ1) is 14.3. The standard InChI is InChI=1S/C12H14ClNO4S/c13-19(16,17)10-6-4-9(5-7-10)14-12(15)11-3-1-2-8-18-11/h4-7,11H,1-3,8H2,(H,14,15). The Morgan fingerprint density at radius 2 is 1.95 bits per heavy atom. The van der Waals surface area contributed by atoms with Gasteiger partial charge in [0, 0.05) is 23.0 Å². The van der Waals surface area contributed by atoms with Crippen molar-refractivity contribution in [3.8, 4) is 0 Å². The van der Waals surface area contributed by atoms with Crippen LogP contribution in [0.15, 0.2) is 29.2 Å². The van der Waals surface area contributed by atoms with Crippen LogP contribution < -0.4 is 5.32 Å². The highest BCUT2D eigenvalue weighted by atomic mass is 35.7. The van der Waals surface area contributed by atoms with Gasteiger partial charge in [-0.2, -0.15) is 0 Å². The Morgan fingerprint density at radius 3 is 2.47 bits per heavy atom. The maximum absolute atomic E-state index is 11.9. The van der Waals surface area contributed by atoms with Gasteiger partial charge < -0.3 is 10.1 Å². The monoisotopic (exact) mass is 303 g/mol. The first-order chi connectivity index (χ1) is 8.97. The normalized spacial score (nSPS) is 19.9. The summed E-state index contributed by atoms with van der Waals surface area (Å²) in [5.74, 6) is -0.207. The molecule has 1 aromatic carbocycles. The van der Waals surface area contributed by atoms with Gasteiger partial charge in [-0.1, -0.05) is 0 Å². The largest absolute Gasteiger partial charge is 0.368 e. The van der Waals surface area contributed by atoms with E-state index in [1.165, 1.54) is 24.3 Å². The van der Waals surface area contributed by atoms with Crippen LogP contribution >= 0.6 is 10.7 Å². The average Bonchev–Trinajstić information content (AvgIpc) is 2.39. The molecule has 1 amide bonds. The second-order valence-electron chi connectivity index (χ2n) is 4.31. The summed E-state index contributed by atoms with van der Waals surface area (Å²) in [6, 6.07) is 5.69. The van der Waals surface area contributed by atoms with E-state index in [0.717, 1.165) is 12.8 Å². The number of carbonyl (C=O) groups is 1. The fraction of sp³-hybridized carbons (Fsp3) is 0.417. The third kappa shape index (κ3) is 3.92. The molecule has 7 heteroatoms. The van der Waals surface area contributed by atoms with Crippen LogP contribution in [0, 0.1) is 0 Å². The van der Waals surface area contributed by atoms with Crippen molar-refractivity contribution in [3.05, 3.63) is 24.3 Å². The molecule has 1 unspecified atom stereocenters. The maximum atomic E-state index is 11.9. The number of amides is 1. The minimum absolute atomic E-state index is 0.00100. The van der Waals surface area contributed by atoms with E-state index in [0.29, 0.717) is 18.7 Å². The average molecular weight is 304 g/mol. The second kappa shape index (κ2) is 5.90. The molecule has 1 saturated heterocycles. The van der Waals surface area contributed by atoms with E-state index in [2.05, 4.69) is 5.32 Å². The van der Waals surface area contributed by atoms with Crippen molar-refractivity contribution >= 4 is 31.3 Å². The summed E-state index contributed by atoms with van der Waals surface area (Å²) in [6.45, 7) is 0.599. The predicted octanol–water partition coefficient (Wildman–Crippen LogP) is 2.12. The van der Waals surface area contributed by atoms with Crippen LogP contribution in [0.3, 0.4) is 0 Å². The molecule has 0 aromatic heterocycles. The van der Waals surface area contributed by atoms with Gasteiger partial charge in [-0.05, 0) is 43.5 Å². The van der Waals surface area contributed by atoms with Crippen LogP contribution in [0.4, 0.5) is 5.69 Å². The molecular weight excluding hydrogens is 290 g/mol. The summed E-state index contributed by atoms with van der Waals surface area (Å²) in [7, 11) is 1.47. The van der Waals surface area contributed by atoms with Crippen molar-refractivity contribution < 1.29 is 17.9 Å². The fourth-order valence-corrected chi connectivity index (χ4v) is 2.64. The Labute approximate surface area is 116 Å². The third-order valence-electron chi connectivity index (χ3n) is 2.88. The first-order valence-electron chi connectivity index (χ1n) is 5.94. The van der Waals surface area contributed by atoms with Crippen LogP contribution in [0.5, 0.6) is 0 Å². The molecule has 0 spiro atoms. The molecule has 0 saturated carbocycles. The molecule has 1 aromatic rings. The number of anilines is 1. The van der Waals surface area contributed by atoms with Gasteiger partial charge in [-0.3, -0.25) is 4.79 Å². The number of nitrogens with one attached hydrogen (secondary N) is 1. The fourth-order valence-electron chi connectivity index (χ4n) is 1.87. The molecule has 0 bridgehead atoms. The highest BCUT2D eigenvalue weighted by molar-refractivity contribution is 8.13. The molecule has 2 rings (SSSR count). The lowest BCUT2D eigenvalue weighted by molar-refractivity contribution is -0.129. The van der Waals surface area contributed by atoms with E-state index in [1.807, 2.05) is 0 Å². The number of carbonyl (C=O) groups excluding carboxylic acids is 1. The minimum atomic E-state index is -3.73. The van der Waals surface area contributed by atoms with Crippen molar-refractivity contribution in [3.63, 3.8) is 0 Å². The smallest absolute Gasteiger partial charge is 0.261 e. The van der Waals surface area contributed by atoms with E-state index < -0.39 is 15.2 Å². The minimum Gasteiger partial charge on any atom is -0.368 e. The Kier molecular flexibility index (Phi) is 4.44. The summed E-state index contributed by atoms with van der Waals surface area (Å²) in [5, 5.41) is 2.69. The molecule has 104 valence electrons. The molecule has 1 aliphatic rings. The molecule has 1 atom stereocenters. The lowest BCUT2D eigenvalue weighted by Gasteiger charge is -2.21. The topological polar surface area (TPSA) is 72.5 Å². The molecule has 19 heavy (non-hydrogen) atoms. The van der Waals surface area contributed by atoms with Gasteiger partial charge in [-0.25, -0.2) is 8.42 Å². The highest BCUT2D eigenvalue weighted by Crippen LogP contribution is 2.19. The molecule has 5 nitrogen and oxygen atoms in total. The van der Waals surface area contributed by atoms with Crippen molar-refractivity contribution in [1.29, 1.82) is 0 Å². The summed E-state index contributed by atoms with van der Waals surface area (Å²) in [6.07, 6.45) is 2.23. The molecule has 0 radical (unpaired) electrons. The summed E-state index contributed by atoms with van der Waals surface area (Å²) in [4.78, 5) is 11.9. The van der Waals surface area contributed by atoms with Crippen LogP contribution in [0.2, 0.25) is 0 Å². The molecule has 0 aliphatic carbocycles. The van der Waals surface area contributed by atoms with Crippen LogP contribution in [0.25, 0.3) is 0 Å². The summed E-state index contributed by atoms with van der Waals surface area (Å²) >= 11 is 0. The quantitative estimate of drug-likeness (QED) is 0.868. The maximum Gasteiger partial charge on any atom is 0.261 e. The van der Waals surface area contributed by atoms with Crippen molar-refractivity contribution in [2.24, 2.45) is 0 Å². The number of ether oxygens (including phenoxy) is 1. The second-order valence-corrected chi connectivity index (χ2v) is 6.87. The van der Waals surface area contributed by atoms with Gasteiger partial charge in [0.1, 0.15) is 6.10 Å². The van der Waals surface area contributed by atoms with Crippen LogP contribution in [-0.4, -0.2) is 27.0 Å². The molecule has 1 N–H and O–H groups in total. The van der Waals surface area contributed by atoms with Gasteiger partial charge >= 0.3 is 0 Å². The van der Waals surface area contributed by atoms with Gasteiger partial charge in [0.2, 0.25) is 0 Å². The lowest BCUT2D eigenvalue weighted by Crippen LogP contribution is -2.33. The van der Waals surface area contributed by atoms with Crippen LogP contribution in [0.1, 0.15) is 19.3 Å². The zero-order valence-electron chi connectivity index (χ0n) is 10.1. The Morgan fingerprint density at radius 1 is 1.26 bits per heavy atom. The zero-order valence-corrected chi connectivity index (χ0v) is 11.7. The lowest BCUT2D eigenvalue weighted by atomic mass is 10.1. The number of hydrogen-bond acceptors (Lipinski definition) is 4. The summed E-state index contributed by atoms with van der Waals surface area (Å²) in [5.41, 5.74) is 0.517. The predicted molar refractivity (Wildman–Crippen MR) is 71.7 cm³/mol. The summed E-state index contributed by atoms with van der Waals surface area (Å²) < 4.78 is 27.5. The Hall–Kier alpha value is -1.11. The van der Waals surface area contributed by atoms with E-state index in [1.54, 1.807) is 0 Å². The van der Waals surface area contributed by atoms with E-state index in [4.69, 9.17) is 15.4 Å². The van der Waals surface area contributed by atoms with Crippen molar-refractivity contribution in [2.45, 2.75) is 30.3 Å². The van der Waals surface area contributed by atoms with Gasteiger partial charge in [0.15, 0.2) is 0 Å². The first-order valence-corrected chi connectivity index (χ1v) is 8.25. The SMILES string of the molecule is O=C(Nc1ccc(S(=O)(=O)Cl)cc1)C1CCCCO1. The number of hydrogen-bond donors (Lipinski definition) is 1. The molecule has 1 fully saturated rings. The molecule has 1 aliphatic heterocycles. The van der Waals surface area contributed by atoms with Gasteiger partial charge in [0.25, 0.3) is 15.0 Å². The van der Waals surface area contributed by atoms with Gasteiger partial charge in [-0.15, -0.1) is 0 Å². The zero-order chi connectivity index (χ0) is 13.9. The van der Waals surface area contributed by atoms with E-state index in [-0.39, 0.29) is 10.8 Å². The van der Waals surface area contributed by atoms with Gasteiger partial charge in [0.05, 0.1) is 4.90 Å². The van der Waals surface area contributed by atoms with Crippen molar-refractivity contribution in [2.75, 3.05) is 11.9 Å². The Bertz CT molecular complexity index is 550. The molecular formula is C12H14ClNO4S. The Balaban J connectivity index is 2.01. The number of benzene rings is 1. The van der Waals surface area contributed by atoms with Crippen molar-refractivity contribution in [1.82, 2.24) is 0 Å². The van der Waals surface area contributed by atoms with E-state index >= 15 is 0 Å². The molecule has 1 heterocycles. The highest BCUT2D eigenvalue weighted by Gasteiger charge is 2.22.